The molecule has 0 aromatic rings. The van der Waals surface area contributed by atoms with E-state index in [0.29, 0.717) is 6.54 Å². The van der Waals surface area contributed by atoms with Gasteiger partial charge in [-0.15, -0.1) is 0 Å². The molecule has 0 saturated carbocycles. The molecule has 0 saturated heterocycles. The van der Waals surface area contributed by atoms with Gasteiger partial charge in [0.1, 0.15) is 0 Å². The van der Waals surface area contributed by atoms with E-state index in [2.05, 4.69) is 11.9 Å². The average molecular weight is 141 g/mol. The van der Waals surface area contributed by atoms with Crippen LogP contribution in [-0.2, 0) is 0 Å². The van der Waals surface area contributed by atoms with E-state index >= 15 is 0 Å². The van der Waals surface area contributed by atoms with E-state index in [9.17, 15) is 0 Å². The summed E-state index contributed by atoms with van der Waals surface area (Å²) in [6, 6.07) is 0. The van der Waals surface area contributed by atoms with Gasteiger partial charge in [-0.3, -0.25) is 0 Å². The lowest BCUT2D eigenvalue weighted by Gasteiger charge is -2.00. The van der Waals surface area contributed by atoms with Crippen molar-refractivity contribution in [3.05, 3.63) is 24.3 Å². The Morgan fingerprint density at radius 2 is 2.40 bits per heavy atom. The van der Waals surface area contributed by atoms with Gasteiger partial charge in [0.2, 0.25) is 0 Å². The number of aliphatic hydroxyl groups is 1. The maximum atomic E-state index is 8.40. The Labute approximate surface area is 62.3 Å². The molecule has 2 N–H and O–H groups in total. The van der Waals surface area contributed by atoms with Gasteiger partial charge in [-0.1, -0.05) is 18.7 Å². The van der Waals surface area contributed by atoms with Crippen LogP contribution in [0.25, 0.3) is 0 Å². The van der Waals surface area contributed by atoms with Crippen molar-refractivity contribution in [1.82, 2.24) is 5.32 Å². The first-order chi connectivity index (χ1) is 4.81. The molecule has 0 radical (unpaired) electrons. The summed E-state index contributed by atoms with van der Waals surface area (Å²) in [4.78, 5) is 0. The van der Waals surface area contributed by atoms with Crippen LogP contribution in [0.4, 0.5) is 0 Å². The van der Waals surface area contributed by atoms with Gasteiger partial charge in [-0.25, -0.2) is 0 Å². The van der Waals surface area contributed by atoms with Gasteiger partial charge in [0, 0.05) is 13.1 Å². The Balaban J connectivity index is 3.22. The average Bonchev–Trinajstić information content (AvgIpc) is 1.89. The standard InChI is InChI=1S/C8H15NO/c1-3-4-8(2)7-9-5-6-10/h3-4,9-10H,2,5-7H2,1H3/b4-3-. The molecule has 0 fully saturated rings. The zero-order chi connectivity index (χ0) is 7.82. The fourth-order valence-electron chi connectivity index (χ4n) is 0.623. The summed E-state index contributed by atoms with van der Waals surface area (Å²) in [7, 11) is 0. The van der Waals surface area contributed by atoms with Crippen LogP contribution in [0.1, 0.15) is 6.92 Å². The van der Waals surface area contributed by atoms with Gasteiger partial charge in [0.15, 0.2) is 0 Å². The van der Waals surface area contributed by atoms with E-state index < -0.39 is 0 Å². The lowest BCUT2D eigenvalue weighted by Crippen LogP contribution is -2.19. The minimum absolute atomic E-state index is 0.184. The minimum atomic E-state index is 0.184. The van der Waals surface area contributed by atoms with E-state index in [0.717, 1.165) is 12.1 Å². The third-order valence-electron chi connectivity index (χ3n) is 1.04. The summed E-state index contributed by atoms with van der Waals surface area (Å²) in [5.74, 6) is 0. The van der Waals surface area contributed by atoms with Crippen LogP contribution >= 0.6 is 0 Å². The topological polar surface area (TPSA) is 32.3 Å². The number of nitrogens with one attached hydrogen (secondary N) is 1. The van der Waals surface area contributed by atoms with Crippen molar-refractivity contribution < 1.29 is 5.11 Å². The molecule has 10 heavy (non-hydrogen) atoms. The van der Waals surface area contributed by atoms with Crippen molar-refractivity contribution in [1.29, 1.82) is 0 Å². The highest BCUT2D eigenvalue weighted by molar-refractivity contribution is 5.14. The van der Waals surface area contributed by atoms with E-state index in [1.165, 1.54) is 0 Å². The maximum Gasteiger partial charge on any atom is 0.0556 e. The Morgan fingerprint density at radius 1 is 1.70 bits per heavy atom. The van der Waals surface area contributed by atoms with Crippen molar-refractivity contribution >= 4 is 0 Å². The van der Waals surface area contributed by atoms with Gasteiger partial charge < -0.3 is 10.4 Å². The summed E-state index contributed by atoms with van der Waals surface area (Å²) in [6.07, 6.45) is 3.90. The maximum absolute atomic E-state index is 8.40. The van der Waals surface area contributed by atoms with Crippen molar-refractivity contribution in [3.8, 4) is 0 Å². The SMILES string of the molecule is C=C(/C=C\C)CNCCO. The van der Waals surface area contributed by atoms with Gasteiger partial charge in [0.25, 0.3) is 0 Å². The summed E-state index contributed by atoms with van der Waals surface area (Å²) in [6.45, 7) is 7.31. The van der Waals surface area contributed by atoms with Crippen molar-refractivity contribution in [3.63, 3.8) is 0 Å². The lowest BCUT2D eigenvalue weighted by atomic mass is 10.3. The predicted octanol–water partition coefficient (Wildman–Crippen LogP) is 0.701. The molecule has 58 valence electrons. The van der Waals surface area contributed by atoms with Crippen molar-refractivity contribution in [2.45, 2.75) is 6.92 Å². The first-order valence-electron chi connectivity index (χ1n) is 3.43. The highest BCUT2D eigenvalue weighted by Gasteiger charge is 1.85. The minimum Gasteiger partial charge on any atom is -0.395 e. The molecule has 0 aliphatic carbocycles. The third-order valence-corrected chi connectivity index (χ3v) is 1.04. The van der Waals surface area contributed by atoms with Gasteiger partial charge in [-0.05, 0) is 12.5 Å². The Hall–Kier alpha value is -0.600. The van der Waals surface area contributed by atoms with Gasteiger partial charge >= 0.3 is 0 Å². The van der Waals surface area contributed by atoms with Crippen LogP contribution in [-0.4, -0.2) is 24.8 Å². The van der Waals surface area contributed by atoms with E-state index in [4.69, 9.17) is 5.11 Å². The molecule has 0 atom stereocenters. The summed E-state index contributed by atoms with van der Waals surface area (Å²) < 4.78 is 0. The zero-order valence-electron chi connectivity index (χ0n) is 6.43. The summed E-state index contributed by atoms with van der Waals surface area (Å²) in [5.41, 5.74) is 1.04. The summed E-state index contributed by atoms with van der Waals surface area (Å²) in [5, 5.41) is 11.4. The number of rotatable bonds is 5. The Bertz CT molecular complexity index is 118. The Kier molecular flexibility index (Phi) is 6.13. The fraction of sp³-hybridized carbons (Fsp3) is 0.500. The van der Waals surface area contributed by atoms with Crippen LogP contribution in [0.15, 0.2) is 24.3 Å². The quantitative estimate of drug-likeness (QED) is 0.436. The van der Waals surface area contributed by atoms with Crippen LogP contribution in [0.2, 0.25) is 0 Å². The molecule has 0 aliphatic heterocycles. The van der Waals surface area contributed by atoms with E-state index in [1.807, 2.05) is 19.1 Å². The van der Waals surface area contributed by atoms with Crippen LogP contribution in [0, 0.1) is 0 Å². The van der Waals surface area contributed by atoms with Gasteiger partial charge in [0.05, 0.1) is 6.61 Å². The van der Waals surface area contributed by atoms with E-state index in [1.54, 1.807) is 0 Å². The molecule has 0 aliphatic rings. The molecule has 0 unspecified atom stereocenters. The lowest BCUT2D eigenvalue weighted by molar-refractivity contribution is 0.294. The highest BCUT2D eigenvalue weighted by Crippen LogP contribution is 1.88. The molecule has 0 rings (SSSR count). The number of hydrogen-bond donors (Lipinski definition) is 2. The number of hydrogen-bond acceptors (Lipinski definition) is 2. The molecule has 0 bridgehead atoms. The second kappa shape index (κ2) is 6.52. The number of allylic oxidation sites excluding steroid dienone is 1. The van der Waals surface area contributed by atoms with Crippen molar-refractivity contribution in [2.24, 2.45) is 0 Å². The van der Waals surface area contributed by atoms with Gasteiger partial charge in [-0.2, -0.15) is 0 Å². The van der Waals surface area contributed by atoms with Crippen LogP contribution in [0.3, 0.4) is 0 Å². The Morgan fingerprint density at radius 3 is 2.90 bits per heavy atom. The van der Waals surface area contributed by atoms with E-state index in [-0.39, 0.29) is 6.61 Å². The third kappa shape index (κ3) is 5.54. The molecule has 2 heteroatoms. The molecule has 0 heterocycles. The van der Waals surface area contributed by atoms with Crippen LogP contribution in [0.5, 0.6) is 0 Å². The monoisotopic (exact) mass is 141 g/mol. The molecule has 0 aromatic carbocycles. The fourth-order valence-corrected chi connectivity index (χ4v) is 0.623. The first kappa shape index (κ1) is 9.40. The number of aliphatic hydroxyl groups excluding tert-OH is 1. The largest absolute Gasteiger partial charge is 0.395 e. The molecule has 0 aromatic heterocycles. The second-order valence-corrected chi connectivity index (χ2v) is 2.06. The second-order valence-electron chi connectivity index (χ2n) is 2.06. The molecule has 0 amide bonds. The molecular weight excluding hydrogens is 126 g/mol. The molecule has 0 spiro atoms. The first-order valence-corrected chi connectivity index (χ1v) is 3.43. The highest BCUT2D eigenvalue weighted by atomic mass is 16.3. The summed E-state index contributed by atoms with van der Waals surface area (Å²) >= 11 is 0. The normalized spacial score (nSPS) is 10.6. The smallest absolute Gasteiger partial charge is 0.0556 e. The zero-order valence-corrected chi connectivity index (χ0v) is 6.43. The molecule has 2 nitrogen and oxygen atoms in total. The predicted molar refractivity (Wildman–Crippen MR) is 43.9 cm³/mol. The molecular formula is C8H15NO. The van der Waals surface area contributed by atoms with Crippen LogP contribution < -0.4 is 5.32 Å². The van der Waals surface area contributed by atoms with Crippen molar-refractivity contribution in [2.75, 3.05) is 19.7 Å².